The molecule has 1 aromatic heterocycles. The zero-order valence-electron chi connectivity index (χ0n) is 14.3. The molecule has 3 rings (SSSR count). The Morgan fingerprint density at radius 2 is 1.85 bits per heavy atom. The molecule has 1 heterocycles. The lowest BCUT2D eigenvalue weighted by atomic mass is 10.2. The molecule has 0 bridgehead atoms. The van der Waals surface area contributed by atoms with Crippen LogP contribution in [0.4, 0.5) is 4.39 Å². The molecule has 0 unspecified atom stereocenters. The number of nitrogens with one attached hydrogen (secondary N) is 1. The molecular formula is C20H17BrFN3O. The zero-order valence-corrected chi connectivity index (χ0v) is 15.9. The van der Waals surface area contributed by atoms with Crippen molar-refractivity contribution in [3.8, 4) is 5.69 Å². The molecule has 0 fully saturated rings. The van der Waals surface area contributed by atoms with E-state index < -0.39 is 11.7 Å². The molecule has 1 amide bonds. The minimum Gasteiger partial charge on any atom is -0.317 e. The van der Waals surface area contributed by atoms with E-state index in [1.54, 1.807) is 6.21 Å². The van der Waals surface area contributed by atoms with E-state index >= 15 is 0 Å². The van der Waals surface area contributed by atoms with Crippen LogP contribution in [-0.4, -0.2) is 16.7 Å². The van der Waals surface area contributed by atoms with Gasteiger partial charge in [0.1, 0.15) is 5.82 Å². The molecule has 1 N–H and O–H groups in total. The van der Waals surface area contributed by atoms with E-state index in [0.717, 1.165) is 27.1 Å². The fourth-order valence-corrected chi connectivity index (χ4v) is 3.35. The van der Waals surface area contributed by atoms with Gasteiger partial charge in [-0.25, -0.2) is 9.82 Å². The molecule has 0 aliphatic carbocycles. The topological polar surface area (TPSA) is 46.4 Å². The number of amides is 1. The number of para-hydroxylation sites is 1. The summed E-state index contributed by atoms with van der Waals surface area (Å²) in [5.41, 5.74) is 6.59. The van der Waals surface area contributed by atoms with E-state index in [0.29, 0.717) is 0 Å². The number of nitrogens with zero attached hydrogens (tertiary/aromatic N) is 2. The first-order valence-corrected chi connectivity index (χ1v) is 8.80. The van der Waals surface area contributed by atoms with E-state index in [1.807, 2.05) is 44.2 Å². The highest BCUT2D eigenvalue weighted by molar-refractivity contribution is 9.10. The lowest BCUT2D eigenvalue weighted by Crippen LogP contribution is -2.17. The normalized spacial score (nSPS) is 11.1. The Morgan fingerprint density at radius 1 is 1.12 bits per heavy atom. The Hall–Kier alpha value is -2.73. The summed E-state index contributed by atoms with van der Waals surface area (Å²) in [6, 6.07) is 15.5. The number of carbonyl (C=O) groups is 1. The predicted molar refractivity (Wildman–Crippen MR) is 104 cm³/mol. The number of aromatic nitrogens is 1. The summed E-state index contributed by atoms with van der Waals surface area (Å²) in [5.74, 6) is -0.926. The van der Waals surface area contributed by atoms with Gasteiger partial charge in [-0.15, -0.1) is 0 Å². The van der Waals surface area contributed by atoms with Gasteiger partial charge in [-0.2, -0.15) is 5.10 Å². The average Bonchev–Trinajstić information content (AvgIpc) is 2.85. The smallest absolute Gasteiger partial charge is 0.271 e. The third-order valence-electron chi connectivity index (χ3n) is 4.08. The van der Waals surface area contributed by atoms with E-state index in [2.05, 4.69) is 31.0 Å². The number of hydrogen-bond acceptors (Lipinski definition) is 2. The lowest BCUT2D eigenvalue weighted by Gasteiger charge is -2.08. The summed E-state index contributed by atoms with van der Waals surface area (Å²) in [7, 11) is 0. The molecule has 4 nitrogen and oxygen atoms in total. The number of hydrazone groups is 1. The van der Waals surface area contributed by atoms with Crippen LogP contribution in [0.5, 0.6) is 0 Å². The van der Waals surface area contributed by atoms with Crippen molar-refractivity contribution in [2.24, 2.45) is 5.10 Å². The molecule has 0 aliphatic heterocycles. The van der Waals surface area contributed by atoms with Gasteiger partial charge in [-0.05, 0) is 60.1 Å². The fourth-order valence-electron chi connectivity index (χ4n) is 2.79. The van der Waals surface area contributed by atoms with Gasteiger partial charge in [0.2, 0.25) is 0 Å². The van der Waals surface area contributed by atoms with Gasteiger partial charge in [0.05, 0.1) is 6.21 Å². The van der Waals surface area contributed by atoms with Crippen LogP contribution in [0.1, 0.15) is 27.3 Å². The minimum atomic E-state index is -0.464. The monoisotopic (exact) mass is 413 g/mol. The van der Waals surface area contributed by atoms with Crippen LogP contribution < -0.4 is 5.43 Å². The van der Waals surface area contributed by atoms with Crippen LogP contribution in [0.25, 0.3) is 5.69 Å². The fraction of sp³-hybridized carbons (Fsp3) is 0.100. The van der Waals surface area contributed by atoms with Gasteiger partial charge in [0.25, 0.3) is 5.91 Å². The summed E-state index contributed by atoms with van der Waals surface area (Å²) < 4.78 is 16.2. The van der Waals surface area contributed by atoms with E-state index in [4.69, 9.17) is 0 Å². The van der Waals surface area contributed by atoms with Gasteiger partial charge in [-0.3, -0.25) is 4.79 Å². The van der Waals surface area contributed by atoms with E-state index in [9.17, 15) is 9.18 Å². The number of benzene rings is 2. The van der Waals surface area contributed by atoms with Crippen molar-refractivity contribution in [2.45, 2.75) is 13.8 Å². The highest BCUT2D eigenvalue weighted by Gasteiger charge is 2.15. The molecule has 0 atom stereocenters. The Bertz CT molecular complexity index is 980. The first-order chi connectivity index (χ1) is 12.5. The maximum absolute atomic E-state index is 13.2. The zero-order chi connectivity index (χ0) is 18.7. The first kappa shape index (κ1) is 18.1. The number of carbonyl (C=O) groups excluding carboxylic acids is 1. The van der Waals surface area contributed by atoms with Crippen LogP contribution in [0.3, 0.4) is 0 Å². The summed E-state index contributed by atoms with van der Waals surface area (Å²) in [4.78, 5) is 12.0. The largest absolute Gasteiger partial charge is 0.317 e. The standard InChI is InChI=1S/C20H17BrFN3O/c1-13-18(12-23-24-20(26)15-7-6-8-16(22)11-15)19(21)14(2)25(13)17-9-4-3-5-10-17/h3-12H,1-2H3,(H,24,26)/b23-12-. The lowest BCUT2D eigenvalue weighted by molar-refractivity contribution is 0.0954. The maximum Gasteiger partial charge on any atom is 0.271 e. The van der Waals surface area contributed by atoms with Crippen molar-refractivity contribution in [1.82, 2.24) is 9.99 Å². The maximum atomic E-state index is 13.2. The molecule has 0 aliphatic rings. The van der Waals surface area contributed by atoms with Crippen molar-refractivity contribution in [2.75, 3.05) is 0 Å². The second-order valence-corrected chi connectivity index (χ2v) is 6.57. The van der Waals surface area contributed by atoms with Gasteiger partial charge in [0, 0.05) is 32.7 Å². The molecule has 0 radical (unpaired) electrons. The Morgan fingerprint density at radius 3 is 2.54 bits per heavy atom. The second kappa shape index (κ2) is 7.66. The summed E-state index contributed by atoms with van der Waals surface area (Å²) in [5, 5.41) is 4.03. The average molecular weight is 414 g/mol. The van der Waals surface area contributed by atoms with Crippen LogP contribution in [0, 0.1) is 19.7 Å². The van der Waals surface area contributed by atoms with E-state index in [1.165, 1.54) is 24.3 Å². The Labute approximate surface area is 159 Å². The molecule has 6 heteroatoms. The molecular weight excluding hydrogens is 397 g/mol. The van der Waals surface area contributed by atoms with Crippen LogP contribution in [0.15, 0.2) is 64.2 Å². The predicted octanol–water partition coefficient (Wildman–Crippen LogP) is 4.76. The van der Waals surface area contributed by atoms with Crippen molar-refractivity contribution in [1.29, 1.82) is 0 Å². The Balaban J connectivity index is 1.84. The third kappa shape index (κ3) is 3.60. The molecule has 132 valence electrons. The van der Waals surface area contributed by atoms with Crippen LogP contribution in [0.2, 0.25) is 0 Å². The van der Waals surface area contributed by atoms with Crippen molar-refractivity contribution < 1.29 is 9.18 Å². The summed E-state index contributed by atoms with van der Waals surface area (Å²) in [6.07, 6.45) is 1.59. The van der Waals surface area contributed by atoms with E-state index in [-0.39, 0.29) is 5.56 Å². The molecule has 0 saturated carbocycles. The number of halogens is 2. The third-order valence-corrected chi connectivity index (χ3v) is 5.08. The molecule has 0 saturated heterocycles. The number of hydrogen-bond donors (Lipinski definition) is 1. The highest BCUT2D eigenvalue weighted by atomic mass is 79.9. The quantitative estimate of drug-likeness (QED) is 0.486. The van der Waals surface area contributed by atoms with Crippen molar-refractivity contribution in [3.05, 3.63) is 87.4 Å². The van der Waals surface area contributed by atoms with Gasteiger partial charge in [-0.1, -0.05) is 24.3 Å². The van der Waals surface area contributed by atoms with Crippen molar-refractivity contribution in [3.63, 3.8) is 0 Å². The second-order valence-electron chi connectivity index (χ2n) is 5.78. The number of rotatable bonds is 4. The minimum absolute atomic E-state index is 0.218. The molecule has 26 heavy (non-hydrogen) atoms. The highest BCUT2D eigenvalue weighted by Crippen LogP contribution is 2.29. The SMILES string of the molecule is Cc1c(Br)c(/C=N\NC(=O)c2cccc(F)c2)c(C)n1-c1ccccc1. The van der Waals surface area contributed by atoms with Crippen LogP contribution >= 0.6 is 15.9 Å². The molecule has 0 spiro atoms. The van der Waals surface area contributed by atoms with Gasteiger partial charge >= 0.3 is 0 Å². The molecule has 3 aromatic rings. The van der Waals surface area contributed by atoms with Gasteiger partial charge in [0.15, 0.2) is 0 Å². The Kier molecular flexibility index (Phi) is 5.32. The summed E-state index contributed by atoms with van der Waals surface area (Å²) >= 11 is 3.60. The van der Waals surface area contributed by atoms with Crippen LogP contribution in [-0.2, 0) is 0 Å². The van der Waals surface area contributed by atoms with Crippen molar-refractivity contribution >= 4 is 28.1 Å². The first-order valence-electron chi connectivity index (χ1n) is 8.01. The van der Waals surface area contributed by atoms with Gasteiger partial charge < -0.3 is 4.57 Å². The summed E-state index contributed by atoms with van der Waals surface area (Å²) in [6.45, 7) is 3.99. The molecule has 2 aromatic carbocycles.